The molecule has 90 valence electrons. The first-order chi connectivity index (χ1) is 8.31. The minimum absolute atomic E-state index is 0.0931. The number of nitrogens with zero attached hydrogens (tertiary/aromatic N) is 1. The number of rotatable bonds is 2. The average molecular weight is 233 g/mol. The molecule has 1 aromatic rings. The van der Waals surface area contributed by atoms with Gasteiger partial charge in [0.05, 0.1) is 6.61 Å². The maximum atomic E-state index is 13.8. The molecule has 2 saturated heterocycles. The Labute approximate surface area is 101 Å². The Kier molecular flexibility index (Phi) is 2.73. The summed E-state index contributed by atoms with van der Waals surface area (Å²) >= 11 is 0. The summed E-state index contributed by atoms with van der Waals surface area (Å²) in [6.45, 7) is 4.77. The molecular weight excluding hydrogens is 217 g/mol. The van der Waals surface area contributed by atoms with Crippen LogP contribution in [0.5, 0.6) is 0 Å². The topological polar surface area (TPSA) is 12.5 Å². The molecule has 0 amide bonds. The Balaban J connectivity index is 1.85. The van der Waals surface area contributed by atoms with Crippen molar-refractivity contribution in [1.29, 1.82) is 0 Å². The molecule has 1 unspecified atom stereocenters. The van der Waals surface area contributed by atoms with Crippen LogP contribution in [0.1, 0.15) is 11.8 Å². The van der Waals surface area contributed by atoms with Crippen molar-refractivity contribution in [3.63, 3.8) is 0 Å². The first-order valence-corrected chi connectivity index (χ1v) is 6.00. The summed E-state index contributed by atoms with van der Waals surface area (Å²) in [5.41, 5.74) is 1.10. The third-order valence-electron chi connectivity index (χ3n) is 3.76. The maximum absolute atomic E-state index is 13.8. The van der Waals surface area contributed by atoms with Gasteiger partial charge >= 0.3 is 0 Å². The van der Waals surface area contributed by atoms with Crippen LogP contribution in [0.25, 0.3) is 0 Å². The van der Waals surface area contributed by atoms with Crippen LogP contribution in [-0.2, 0) is 4.74 Å². The molecule has 3 rings (SSSR count). The van der Waals surface area contributed by atoms with Crippen LogP contribution in [0.4, 0.5) is 4.39 Å². The summed E-state index contributed by atoms with van der Waals surface area (Å²) in [5, 5.41) is 0. The van der Waals surface area contributed by atoms with E-state index in [4.69, 9.17) is 4.74 Å². The summed E-state index contributed by atoms with van der Waals surface area (Å²) in [5.74, 6) is -0.0938. The number of hydrogen-bond acceptors (Lipinski definition) is 2. The second-order valence-corrected chi connectivity index (χ2v) is 4.69. The van der Waals surface area contributed by atoms with Crippen LogP contribution in [0.2, 0.25) is 0 Å². The van der Waals surface area contributed by atoms with Gasteiger partial charge < -0.3 is 4.74 Å². The monoisotopic (exact) mass is 233 g/mol. The van der Waals surface area contributed by atoms with Crippen LogP contribution in [0.3, 0.4) is 0 Å². The number of halogens is 1. The third kappa shape index (κ3) is 1.70. The lowest BCUT2D eigenvalue weighted by atomic mass is 10.0. The van der Waals surface area contributed by atoms with Gasteiger partial charge in [0.15, 0.2) is 0 Å². The summed E-state index contributed by atoms with van der Waals surface area (Å²) in [7, 11) is 0. The van der Waals surface area contributed by atoms with Crippen LogP contribution in [0, 0.1) is 5.92 Å². The van der Waals surface area contributed by atoms with Crippen LogP contribution in [-0.4, -0.2) is 30.3 Å². The van der Waals surface area contributed by atoms with E-state index in [1.165, 1.54) is 0 Å². The Morgan fingerprint density at radius 2 is 2.12 bits per heavy atom. The molecule has 2 aliphatic rings. The first-order valence-electron chi connectivity index (χ1n) is 6.00. The molecule has 0 N–H and O–H groups in total. The zero-order valence-corrected chi connectivity index (χ0v) is 9.63. The number of fused-ring (bicyclic) bond motifs is 1. The standard InChI is InChI=1S/C14H16FNO/c1-2-11-12(15)8-16-13(11)9-17-14(16)10-6-4-3-5-7-10/h2-7,11-14H,1,8-9H2/t11-,12?,13+,14+/m0/s1. The highest BCUT2D eigenvalue weighted by Gasteiger charge is 2.48. The molecule has 2 nitrogen and oxygen atoms in total. The van der Waals surface area contributed by atoms with Gasteiger partial charge in [0.1, 0.15) is 12.4 Å². The molecule has 2 heterocycles. The van der Waals surface area contributed by atoms with Crippen LogP contribution in [0.15, 0.2) is 43.0 Å². The van der Waals surface area contributed by atoms with Gasteiger partial charge in [0.2, 0.25) is 0 Å². The van der Waals surface area contributed by atoms with Crippen molar-refractivity contribution in [2.45, 2.75) is 18.4 Å². The van der Waals surface area contributed by atoms with Gasteiger partial charge in [-0.05, 0) is 5.56 Å². The van der Waals surface area contributed by atoms with Crippen molar-refractivity contribution in [2.24, 2.45) is 5.92 Å². The van der Waals surface area contributed by atoms with Gasteiger partial charge in [-0.1, -0.05) is 36.4 Å². The van der Waals surface area contributed by atoms with Crippen LogP contribution < -0.4 is 0 Å². The van der Waals surface area contributed by atoms with E-state index >= 15 is 0 Å². The predicted molar refractivity (Wildman–Crippen MR) is 64.2 cm³/mol. The molecule has 3 heteroatoms. The fourth-order valence-corrected chi connectivity index (χ4v) is 2.89. The first kappa shape index (κ1) is 10.9. The molecule has 0 aromatic heterocycles. The van der Waals surface area contributed by atoms with E-state index in [1.54, 1.807) is 6.08 Å². The van der Waals surface area contributed by atoms with E-state index in [2.05, 4.69) is 11.5 Å². The molecule has 0 radical (unpaired) electrons. The Bertz CT molecular complexity index is 408. The molecule has 4 atom stereocenters. The molecule has 0 bridgehead atoms. The zero-order valence-electron chi connectivity index (χ0n) is 9.63. The number of alkyl halides is 1. The van der Waals surface area contributed by atoms with Crippen molar-refractivity contribution >= 4 is 0 Å². The number of ether oxygens (including phenoxy) is 1. The lowest BCUT2D eigenvalue weighted by molar-refractivity contribution is 0.0284. The third-order valence-corrected chi connectivity index (χ3v) is 3.76. The van der Waals surface area contributed by atoms with Gasteiger partial charge in [-0.3, -0.25) is 4.90 Å². The molecule has 2 fully saturated rings. The van der Waals surface area contributed by atoms with Gasteiger partial charge in [-0.2, -0.15) is 0 Å². The van der Waals surface area contributed by atoms with Crippen molar-refractivity contribution in [2.75, 3.05) is 13.2 Å². The smallest absolute Gasteiger partial charge is 0.137 e. The SMILES string of the molecule is C=C[C@H]1C(F)CN2[C@@H](c3ccccc3)OC[C@H]12. The summed E-state index contributed by atoms with van der Waals surface area (Å²) < 4.78 is 19.6. The lowest BCUT2D eigenvalue weighted by Gasteiger charge is -2.22. The zero-order chi connectivity index (χ0) is 11.8. The van der Waals surface area contributed by atoms with Crippen molar-refractivity contribution in [3.8, 4) is 0 Å². The van der Waals surface area contributed by atoms with E-state index in [9.17, 15) is 4.39 Å². The highest BCUT2D eigenvalue weighted by molar-refractivity contribution is 5.20. The minimum Gasteiger partial charge on any atom is -0.357 e. The van der Waals surface area contributed by atoms with Crippen molar-refractivity contribution in [1.82, 2.24) is 4.90 Å². The molecule has 1 aromatic carbocycles. The second-order valence-electron chi connectivity index (χ2n) is 4.69. The van der Waals surface area contributed by atoms with Gasteiger partial charge in [0.25, 0.3) is 0 Å². The Hall–Kier alpha value is -1.19. The molecule has 17 heavy (non-hydrogen) atoms. The summed E-state index contributed by atoms with van der Waals surface area (Å²) in [4.78, 5) is 2.12. The van der Waals surface area contributed by atoms with E-state index in [0.717, 1.165) is 5.56 Å². The largest absolute Gasteiger partial charge is 0.357 e. The normalized spacial score (nSPS) is 37.0. The molecule has 2 aliphatic heterocycles. The quantitative estimate of drug-likeness (QED) is 0.728. The fourth-order valence-electron chi connectivity index (χ4n) is 2.89. The average Bonchev–Trinajstić information content (AvgIpc) is 2.87. The van der Waals surface area contributed by atoms with E-state index in [-0.39, 0.29) is 18.2 Å². The Morgan fingerprint density at radius 1 is 1.35 bits per heavy atom. The molecule has 0 saturated carbocycles. The van der Waals surface area contributed by atoms with Gasteiger partial charge in [-0.15, -0.1) is 6.58 Å². The predicted octanol–water partition coefficient (Wildman–Crippen LogP) is 2.54. The van der Waals surface area contributed by atoms with Gasteiger partial charge in [0, 0.05) is 18.5 Å². The summed E-state index contributed by atoms with van der Waals surface area (Å²) in [6.07, 6.45) is 0.823. The van der Waals surface area contributed by atoms with E-state index in [1.807, 2.05) is 30.3 Å². The number of hydrogen-bond donors (Lipinski definition) is 0. The van der Waals surface area contributed by atoms with Crippen molar-refractivity contribution < 1.29 is 9.13 Å². The van der Waals surface area contributed by atoms with E-state index in [0.29, 0.717) is 13.2 Å². The molecule has 0 aliphatic carbocycles. The second kappa shape index (κ2) is 4.24. The van der Waals surface area contributed by atoms with Gasteiger partial charge in [-0.25, -0.2) is 4.39 Å². The highest BCUT2D eigenvalue weighted by atomic mass is 19.1. The highest BCUT2D eigenvalue weighted by Crippen LogP contribution is 2.40. The minimum atomic E-state index is -0.812. The van der Waals surface area contributed by atoms with E-state index < -0.39 is 6.17 Å². The lowest BCUT2D eigenvalue weighted by Crippen LogP contribution is -2.29. The number of benzene rings is 1. The maximum Gasteiger partial charge on any atom is 0.137 e. The molecule has 0 spiro atoms. The van der Waals surface area contributed by atoms with Crippen LogP contribution >= 0.6 is 0 Å². The van der Waals surface area contributed by atoms with Crippen molar-refractivity contribution in [3.05, 3.63) is 48.6 Å². The fraction of sp³-hybridized carbons (Fsp3) is 0.429. The summed E-state index contributed by atoms with van der Waals surface area (Å²) in [6, 6.07) is 10.2. The Morgan fingerprint density at radius 3 is 2.82 bits per heavy atom. The molecular formula is C14H16FNO.